The average molecular weight is 298 g/mol. The van der Waals surface area contributed by atoms with Gasteiger partial charge in [-0.15, -0.1) is 0 Å². The molecule has 3 atom stereocenters. The molecule has 1 nitrogen and oxygen atoms in total. The first kappa shape index (κ1) is 13.1. The molecule has 2 fully saturated rings. The lowest BCUT2D eigenvalue weighted by Crippen LogP contribution is -2.09. The monoisotopic (exact) mass is 298 g/mol. The van der Waals surface area contributed by atoms with Crippen LogP contribution in [0.3, 0.4) is 0 Å². The Morgan fingerprint density at radius 1 is 0.783 bits per heavy atom. The van der Waals surface area contributed by atoms with Gasteiger partial charge in [0.05, 0.1) is 0 Å². The van der Waals surface area contributed by atoms with E-state index in [1.165, 1.54) is 21.9 Å². The molecule has 2 saturated carbocycles. The first-order valence-electron chi connectivity index (χ1n) is 8.38. The van der Waals surface area contributed by atoms with Crippen molar-refractivity contribution in [2.24, 2.45) is 5.92 Å². The minimum atomic E-state index is 0.0271. The summed E-state index contributed by atoms with van der Waals surface area (Å²) < 4.78 is 0. The van der Waals surface area contributed by atoms with Crippen LogP contribution < -0.4 is 0 Å². The van der Waals surface area contributed by atoms with E-state index in [9.17, 15) is 4.79 Å². The molecule has 2 aliphatic carbocycles. The molecule has 112 valence electrons. The quantitative estimate of drug-likeness (QED) is 0.660. The zero-order valence-electron chi connectivity index (χ0n) is 12.9. The summed E-state index contributed by atoms with van der Waals surface area (Å²) in [5, 5.41) is 2.59. The highest BCUT2D eigenvalue weighted by molar-refractivity contribution is 5.96. The first-order chi connectivity index (χ1) is 11.3. The van der Waals surface area contributed by atoms with Crippen LogP contribution in [0.15, 0.2) is 72.8 Å². The number of hydrogen-bond donors (Lipinski definition) is 0. The first-order valence-corrected chi connectivity index (χ1v) is 8.38. The van der Waals surface area contributed by atoms with Crippen molar-refractivity contribution in [2.45, 2.75) is 24.2 Å². The van der Waals surface area contributed by atoms with Crippen LogP contribution in [0.4, 0.5) is 0 Å². The van der Waals surface area contributed by atoms with Gasteiger partial charge in [-0.05, 0) is 28.3 Å². The van der Waals surface area contributed by atoms with Gasteiger partial charge in [0, 0.05) is 23.7 Å². The van der Waals surface area contributed by atoms with Crippen LogP contribution in [0.25, 0.3) is 10.8 Å². The fourth-order valence-electron chi connectivity index (χ4n) is 4.96. The Kier molecular flexibility index (Phi) is 2.58. The largest absolute Gasteiger partial charge is 0.299 e. The van der Waals surface area contributed by atoms with Crippen LogP contribution in [-0.4, -0.2) is 5.78 Å². The Balaban J connectivity index is 1.73. The Morgan fingerprint density at radius 2 is 1.52 bits per heavy atom. The highest BCUT2D eigenvalue weighted by Crippen LogP contribution is 2.72. The minimum absolute atomic E-state index is 0.0271. The Labute approximate surface area is 136 Å². The molecule has 3 aromatic rings. The molecule has 0 spiro atoms. The van der Waals surface area contributed by atoms with Crippen molar-refractivity contribution in [1.29, 1.82) is 0 Å². The van der Waals surface area contributed by atoms with Gasteiger partial charge >= 0.3 is 0 Å². The molecular formula is C22H18O. The van der Waals surface area contributed by atoms with Crippen molar-refractivity contribution in [2.75, 3.05) is 0 Å². The molecule has 2 aliphatic rings. The lowest BCUT2D eigenvalue weighted by molar-refractivity contribution is -0.119. The predicted octanol–water partition coefficient (Wildman–Crippen LogP) is 4.85. The van der Waals surface area contributed by atoms with Crippen molar-refractivity contribution in [3.05, 3.63) is 83.9 Å². The zero-order chi connectivity index (χ0) is 15.4. The number of hydrogen-bond acceptors (Lipinski definition) is 1. The van der Waals surface area contributed by atoms with Crippen LogP contribution >= 0.6 is 0 Å². The summed E-state index contributed by atoms with van der Waals surface area (Å²) in [7, 11) is 0. The van der Waals surface area contributed by atoms with E-state index in [0.29, 0.717) is 11.7 Å². The molecule has 0 heterocycles. The summed E-state index contributed by atoms with van der Waals surface area (Å²) in [6, 6.07) is 25.7. The van der Waals surface area contributed by atoms with Gasteiger partial charge in [-0.2, -0.15) is 0 Å². The maximum Gasteiger partial charge on any atom is 0.137 e. The van der Waals surface area contributed by atoms with Crippen LogP contribution in [0, 0.1) is 5.92 Å². The Morgan fingerprint density at radius 3 is 2.39 bits per heavy atom. The second-order valence-corrected chi connectivity index (χ2v) is 6.90. The number of benzene rings is 3. The smallest absolute Gasteiger partial charge is 0.137 e. The number of carbonyl (C=O) groups excluding carboxylic acids is 1. The summed E-state index contributed by atoms with van der Waals surface area (Å²) >= 11 is 0. The van der Waals surface area contributed by atoms with Crippen molar-refractivity contribution >= 4 is 16.6 Å². The molecule has 0 N–H and O–H groups in total. The van der Waals surface area contributed by atoms with Gasteiger partial charge in [0.25, 0.3) is 0 Å². The van der Waals surface area contributed by atoms with E-state index >= 15 is 0 Å². The van der Waals surface area contributed by atoms with Crippen LogP contribution in [0.2, 0.25) is 0 Å². The summed E-state index contributed by atoms with van der Waals surface area (Å²) in [5.41, 5.74) is 2.72. The van der Waals surface area contributed by atoms with E-state index in [1.807, 2.05) is 6.07 Å². The summed E-state index contributed by atoms with van der Waals surface area (Å²) in [4.78, 5) is 12.5. The number of rotatable bonds is 2. The van der Waals surface area contributed by atoms with Crippen LogP contribution in [0.5, 0.6) is 0 Å². The number of carbonyl (C=O) groups is 1. The van der Waals surface area contributed by atoms with Crippen molar-refractivity contribution in [1.82, 2.24) is 0 Å². The van der Waals surface area contributed by atoms with E-state index in [2.05, 4.69) is 66.7 Å². The molecule has 5 rings (SSSR count). The molecule has 1 heteroatoms. The lowest BCUT2D eigenvalue weighted by Gasteiger charge is -2.18. The molecule has 23 heavy (non-hydrogen) atoms. The molecule has 0 aromatic heterocycles. The van der Waals surface area contributed by atoms with Gasteiger partial charge in [0.1, 0.15) is 5.78 Å². The summed E-state index contributed by atoms with van der Waals surface area (Å²) in [6.07, 6.45) is 1.72. The van der Waals surface area contributed by atoms with Gasteiger partial charge in [0.2, 0.25) is 0 Å². The maximum absolute atomic E-state index is 12.5. The molecule has 0 aliphatic heterocycles. The molecule has 0 amide bonds. The van der Waals surface area contributed by atoms with Crippen LogP contribution in [0.1, 0.15) is 29.9 Å². The maximum atomic E-state index is 12.5. The van der Waals surface area contributed by atoms with Gasteiger partial charge in [-0.3, -0.25) is 4.79 Å². The Bertz CT molecular complexity index is 906. The second-order valence-electron chi connectivity index (χ2n) is 6.90. The van der Waals surface area contributed by atoms with E-state index in [-0.39, 0.29) is 11.3 Å². The third kappa shape index (κ3) is 1.65. The third-order valence-corrected chi connectivity index (χ3v) is 5.92. The van der Waals surface area contributed by atoms with Gasteiger partial charge < -0.3 is 0 Å². The van der Waals surface area contributed by atoms with E-state index in [4.69, 9.17) is 0 Å². The standard InChI is InChI=1S/C22H18O/c23-19-13-14-22(20(21(19)22)16-8-2-1-3-9-16)18-12-6-10-15-7-4-5-11-17(15)18/h1-12,20-21H,13-14H2/t20-,21?,22+/m1/s1. The molecule has 0 saturated heterocycles. The minimum Gasteiger partial charge on any atom is -0.299 e. The molecule has 3 aromatic carbocycles. The molecule has 0 radical (unpaired) electrons. The van der Waals surface area contributed by atoms with Crippen LogP contribution in [-0.2, 0) is 10.2 Å². The van der Waals surface area contributed by atoms with Crippen molar-refractivity contribution in [3.8, 4) is 0 Å². The molecule has 1 unspecified atom stereocenters. The highest BCUT2D eigenvalue weighted by atomic mass is 16.1. The average Bonchev–Trinajstić information content (AvgIpc) is 3.19. The third-order valence-electron chi connectivity index (χ3n) is 5.92. The summed E-state index contributed by atoms with van der Waals surface area (Å²) in [5.74, 6) is 0.984. The fraction of sp³-hybridized carbons (Fsp3) is 0.227. The summed E-state index contributed by atoms with van der Waals surface area (Å²) in [6.45, 7) is 0. The highest BCUT2D eigenvalue weighted by Gasteiger charge is 2.71. The number of fused-ring (bicyclic) bond motifs is 2. The van der Waals surface area contributed by atoms with Gasteiger partial charge in [-0.25, -0.2) is 0 Å². The van der Waals surface area contributed by atoms with Crippen molar-refractivity contribution < 1.29 is 4.79 Å². The lowest BCUT2D eigenvalue weighted by atomic mass is 9.85. The topological polar surface area (TPSA) is 17.1 Å². The normalized spacial score (nSPS) is 28.8. The van der Waals surface area contributed by atoms with E-state index in [1.54, 1.807) is 0 Å². The number of ketones is 1. The van der Waals surface area contributed by atoms with Gasteiger partial charge in [-0.1, -0.05) is 72.8 Å². The SMILES string of the molecule is O=C1CC[C@@]2(c3cccc4ccccc34)C1[C@H]2c1ccccc1. The predicted molar refractivity (Wildman–Crippen MR) is 92.5 cm³/mol. The van der Waals surface area contributed by atoms with E-state index in [0.717, 1.165) is 12.8 Å². The molecule has 0 bridgehead atoms. The van der Waals surface area contributed by atoms with Gasteiger partial charge in [0.15, 0.2) is 0 Å². The van der Waals surface area contributed by atoms with E-state index < -0.39 is 0 Å². The zero-order valence-corrected chi connectivity index (χ0v) is 12.9. The molecular weight excluding hydrogens is 280 g/mol. The van der Waals surface area contributed by atoms with Crippen molar-refractivity contribution in [3.63, 3.8) is 0 Å². The second kappa shape index (κ2) is 4.55. The fourth-order valence-corrected chi connectivity index (χ4v) is 4.96. The Hall–Kier alpha value is -2.41. The number of Topliss-reactive ketones (excluding diaryl/α,β-unsaturated/α-hetero) is 1.